The first-order valence-corrected chi connectivity index (χ1v) is 9.69. The Labute approximate surface area is 148 Å². The first-order chi connectivity index (χ1) is 11.5. The highest BCUT2D eigenvalue weighted by molar-refractivity contribution is 9.10. The molecule has 0 fully saturated rings. The van der Waals surface area contributed by atoms with Gasteiger partial charge in [0.05, 0.1) is 11.3 Å². The summed E-state index contributed by atoms with van der Waals surface area (Å²) in [6, 6.07) is 12.9. The molecule has 0 aliphatic carbocycles. The number of fused-ring (bicyclic) bond motifs is 1. The summed E-state index contributed by atoms with van der Waals surface area (Å²) >= 11 is 3.43. The van der Waals surface area contributed by atoms with Crippen molar-refractivity contribution in [3.63, 3.8) is 0 Å². The van der Waals surface area contributed by atoms with Crippen LogP contribution in [0.25, 0.3) is 10.9 Å². The van der Waals surface area contributed by atoms with Crippen molar-refractivity contribution < 1.29 is 8.42 Å². The molecule has 3 rings (SSSR count). The fraction of sp³-hybridized carbons (Fsp3) is 0.125. The second-order valence-corrected chi connectivity index (χ2v) is 8.02. The number of nitrogens with one attached hydrogen (secondary N) is 2. The van der Waals surface area contributed by atoms with Gasteiger partial charge in [0.2, 0.25) is 10.0 Å². The van der Waals surface area contributed by atoms with Crippen LogP contribution in [-0.2, 0) is 10.0 Å². The van der Waals surface area contributed by atoms with Gasteiger partial charge < -0.3 is 5.32 Å². The number of sulfonamides is 1. The molecule has 1 heterocycles. The molecule has 8 heteroatoms. The van der Waals surface area contributed by atoms with E-state index in [1.54, 1.807) is 25.1 Å². The maximum absolute atomic E-state index is 11.8. The molecule has 3 aromatic rings. The van der Waals surface area contributed by atoms with Gasteiger partial charge in [0, 0.05) is 21.2 Å². The van der Waals surface area contributed by atoms with Crippen LogP contribution >= 0.6 is 15.9 Å². The van der Waals surface area contributed by atoms with E-state index in [1.807, 2.05) is 24.3 Å². The lowest BCUT2D eigenvalue weighted by Gasteiger charge is -2.11. The number of aromatic nitrogens is 2. The minimum Gasteiger partial charge on any atom is -0.340 e. The molecule has 124 valence electrons. The molecule has 24 heavy (non-hydrogen) atoms. The fourth-order valence-electron chi connectivity index (χ4n) is 2.17. The summed E-state index contributed by atoms with van der Waals surface area (Å²) in [6.45, 7) is 1.59. The van der Waals surface area contributed by atoms with E-state index in [0.29, 0.717) is 11.5 Å². The lowest BCUT2D eigenvalue weighted by atomic mass is 10.2. The number of halogens is 1. The molecule has 0 radical (unpaired) electrons. The van der Waals surface area contributed by atoms with Crippen LogP contribution in [0, 0.1) is 0 Å². The molecule has 0 bridgehead atoms. The van der Waals surface area contributed by atoms with Gasteiger partial charge in [-0.2, -0.15) is 0 Å². The first-order valence-electron chi connectivity index (χ1n) is 7.25. The summed E-state index contributed by atoms with van der Waals surface area (Å²) in [5.74, 6) is 0.620. The Bertz CT molecular complexity index is 992. The van der Waals surface area contributed by atoms with Crippen molar-refractivity contribution in [3.8, 4) is 0 Å². The van der Waals surface area contributed by atoms with Gasteiger partial charge in [-0.3, -0.25) is 4.72 Å². The number of rotatable bonds is 5. The van der Waals surface area contributed by atoms with Crippen molar-refractivity contribution in [2.24, 2.45) is 0 Å². The van der Waals surface area contributed by atoms with E-state index in [1.165, 1.54) is 6.33 Å². The SMILES string of the molecule is CCS(=O)(=O)Nc1ccc2ncnc(Nc3cccc(Br)c3)c2c1. The van der Waals surface area contributed by atoms with Crippen LogP contribution in [0.3, 0.4) is 0 Å². The lowest BCUT2D eigenvalue weighted by Crippen LogP contribution is -2.14. The van der Waals surface area contributed by atoms with E-state index in [9.17, 15) is 8.42 Å². The lowest BCUT2D eigenvalue weighted by molar-refractivity contribution is 0.602. The predicted octanol–water partition coefficient (Wildman–Crippen LogP) is 3.90. The van der Waals surface area contributed by atoms with Crippen molar-refractivity contribution in [1.82, 2.24) is 9.97 Å². The largest absolute Gasteiger partial charge is 0.340 e. The number of hydrogen-bond donors (Lipinski definition) is 2. The van der Waals surface area contributed by atoms with Crippen molar-refractivity contribution in [1.29, 1.82) is 0 Å². The maximum atomic E-state index is 11.8. The molecular weight excluding hydrogens is 392 g/mol. The summed E-state index contributed by atoms with van der Waals surface area (Å²) in [6.07, 6.45) is 1.47. The smallest absolute Gasteiger partial charge is 0.232 e. The van der Waals surface area contributed by atoms with E-state index in [0.717, 1.165) is 21.1 Å². The Morgan fingerprint density at radius 2 is 1.92 bits per heavy atom. The third-order valence-corrected chi connectivity index (χ3v) is 5.18. The molecule has 0 saturated heterocycles. The van der Waals surface area contributed by atoms with Gasteiger partial charge in [-0.05, 0) is 43.3 Å². The minimum absolute atomic E-state index is 0.0134. The standard InChI is InChI=1S/C16H15BrN4O2S/c1-2-24(22,23)21-13-6-7-15-14(9-13)16(19-10-18-15)20-12-5-3-4-11(17)8-12/h3-10,21H,2H2,1H3,(H,18,19,20). The minimum atomic E-state index is -3.34. The summed E-state index contributed by atoms with van der Waals surface area (Å²) < 4.78 is 27.0. The maximum Gasteiger partial charge on any atom is 0.232 e. The molecule has 0 aliphatic rings. The van der Waals surface area contributed by atoms with Crippen LogP contribution in [0.15, 0.2) is 53.3 Å². The van der Waals surface area contributed by atoms with Crippen LogP contribution < -0.4 is 10.0 Å². The van der Waals surface area contributed by atoms with Gasteiger partial charge in [0.25, 0.3) is 0 Å². The van der Waals surface area contributed by atoms with E-state index >= 15 is 0 Å². The summed E-state index contributed by atoms with van der Waals surface area (Å²) in [4.78, 5) is 8.50. The number of nitrogens with zero attached hydrogens (tertiary/aromatic N) is 2. The molecule has 0 amide bonds. The third kappa shape index (κ3) is 3.82. The summed E-state index contributed by atoms with van der Waals surface area (Å²) in [5, 5.41) is 3.96. The van der Waals surface area contributed by atoms with Crippen molar-refractivity contribution >= 4 is 54.0 Å². The normalized spacial score (nSPS) is 11.4. The van der Waals surface area contributed by atoms with E-state index in [4.69, 9.17) is 0 Å². The van der Waals surface area contributed by atoms with Gasteiger partial charge in [-0.25, -0.2) is 18.4 Å². The average molecular weight is 407 g/mol. The highest BCUT2D eigenvalue weighted by Gasteiger charge is 2.10. The predicted molar refractivity (Wildman–Crippen MR) is 100 cm³/mol. The van der Waals surface area contributed by atoms with Crippen LogP contribution in [0.5, 0.6) is 0 Å². The van der Waals surface area contributed by atoms with Crippen LogP contribution in [0.4, 0.5) is 17.2 Å². The molecule has 2 aromatic carbocycles. The molecule has 1 aromatic heterocycles. The average Bonchev–Trinajstić information content (AvgIpc) is 2.55. The van der Waals surface area contributed by atoms with E-state index < -0.39 is 10.0 Å². The molecule has 2 N–H and O–H groups in total. The van der Waals surface area contributed by atoms with E-state index in [-0.39, 0.29) is 5.75 Å². The highest BCUT2D eigenvalue weighted by Crippen LogP contribution is 2.27. The molecule has 6 nitrogen and oxygen atoms in total. The highest BCUT2D eigenvalue weighted by atomic mass is 79.9. The molecule has 0 aliphatic heterocycles. The second kappa shape index (κ2) is 6.74. The summed E-state index contributed by atoms with van der Waals surface area (Å²) in [7, 11) is -3.34. The van der Waals surface area contributed by atoms with E-state index in [2.05, 4.69) is 35.9 Å². The summed E-state index contributed by atoms with van der Waals surface area (Å²) in [5.41, 5.74) is 2.07. The second-order valence-electron chi connectivity index (χ2n) is 5.10. The van der Waals surface area contributed by atoms with Gasteiger partial charge >= 0.3 is 0 Å². The van der Waals surface area contributed by atoms with Crippen LogP contribution in [0.1, 0.15) is 6.92 Å². The van der Waals surface area contributed by atoms with Gasteiger partial charge in [-0.1, -0.05) is 22.0 Å². The van der Waals surface area contributed by atoms with Crippen molar-refractivity contribution in [2.45, 2.75) is 6.92 Å². The Kier molecular flexibility index (Phi) is 4.68. The van der Waals surface area contributed by atoms with Crippen LogP contribution in [-0.4, -0.2) is 24.1 Å². The zero-order valence-corrected chi connectivity index (χ0v) is 15.2. The first kappa shape index (κ1) is 16.7. The topological polar surface area (TPSA) is 84.0 Å². The fourth-order valence-corrected chi connectivity index (χ4v) is 3.20. The van der Waals surface area contributed by atoms with Gasteiger partial charge in [0.1, 0.15) is 12.1 Å². The molecule has 0 saturated carbocycles. The Balaban J connectivity index is 2.01. The van der Waals surface area contributed by atoms with Gasteiger partial charge in [-0.15, -0.1) is 0 Å². The Morgan fingerprint density at radius 3 is 2.67 bits per heavy atom. The van der Waals surface area contributed by atoms with Crippen molar-refractivity contribution in [2.75, 3.05) is 15.8 Å². The quantitative estimate of drug-likeness (QED) is 0.670. The van der Waals surface area contributed by atoms with Gasteiger partial charge in [0.15, 0.2) is 0 Å². The Hall–Kier alpha value is -2.19. The number of benzene rings is 2. The zero-order valence-electron chi connectivity index (χ0n) is 12.8. The monoisotopic (exact) mass is 406 g/mol. The molecular formula is C16H15BrN4O2S. The number of anilines is 3. The molecule has 0 spiro atoms. The third-order valence-electron chi connectivity index (χ3n) is 3.38. The zero-order chi connectivity index (χ0) is 17.2. The van der Waals surface area contributed by atoms with Crippen molar-refractivity contribution in [3.05, 3.63) is 53.3 Å². The molecule has 0 atom stereocenters. The number of hydrogen-bond acceptors (Lipinski definition) is 5. The molecule has 0 unspecified atom stereocenters. The Morgan fingerprint density at radius 1 is 1.08 bits per heavy atom. The van der Waals surface area contributed by atoms with Crippen LogP contribution in [0.2, 0.25) is 0 Å².